The highest BCUT2D eigenvalue weighted by Gasteiger charge is 2.36. The van der Waals surface area contributed by atoms with Gasteiger partial charge in [-0.05, 0) is 23.6 Å². The molecule has 0 bridgehead atoms. The van der Waals surface area contributed by atoms with Crippen molar-refractivity contribution in [3.05, 3.63) is 69.2 Å². The van der Waals surface area contributed by atoms with E-state index >= 15 is 0 Å². The Kier molecular flexibility index (Phi) is 7.25. The quantitative estimate of drug-likeness (QED) is 0.489. The van der Waals surface area contributed by atoms with Crippen LogP contribution in [0.4, 0.5) is 0 Å². The Morgan fingerprint density at radius 3 is 2.54 bits per heavy atom. The summed E-state index contributed by atoms with van der Waals surface area (Å²) in [5.41, 5.74) is 2.70. The molecule has 1 N–H and O–H groups in total. The van der Waals surface area contributed by atoms with Crippen molar-refractivity contribution in [1.82, 2.24) is 25.2 Å². The lowest BCUT2D eigenvalue weighted by atomic mass is 10.0. The van der Waals surface area contributed by atoms with Crippen molar-refractivity contribution in [2.45, 2.75) is 51.3 Å². The molecule has 9 nitrogen and oxygen atoms in total. The highest BCUT2D eigenvalue weighted by Crippen LogP contribution is 2.41. The summed E-state index contributed by atoms with van der Waals surface area (Å²) in [6.45, 7) is 7.37. The maximum atomic E-state index is 12.8. The number of nitriles is 1. The normalized spacial score (nSPS) is 15.7. The monoisotopic (exact) mass is 510 g/mol. The molecule has 3 aromatic rings. The van der Waals surface area contributed by atoms with Gasteiger partial charge in [-0.1, -0.05) is 32.9 Å². The number of thiazole rings is 1. The van der Waals surface area contributed by atoms with Crippen LogP contribution in [-0.2, 0) is 29.5 Å². The summed E-state index contributed by atoms with van der Waals surface area (Å²) in [5, 5.41) is 12.2. The van der Waals surface area contributed by atoms with Crippen LogP contribution in [0.3, 0.4) is 0 Å². The molecule has 11 heteroatoms. The van der Waals surface area contributed by atoms with Crippen LogP contribution in [0.1, 0.15) is 64.1 Å². The molecule has 1 aromatic carbocycles. The van der Waals surface area contributed by atoms with E-state index in [0.29, 0.717) is 28.9 Å². The van der Waals surface area contributed by atoms with E-state index in [0.717, 1.165) is 22.7 Å². The van der Waals surface area contributed by atoms with Crippen LogP contribution in [0.2, 0.25) is 0 Å². The fourth-order valence-electron chi connectivity index (χ4n) is 4.07. The molecule has 182 valence electrons. The Balaban J connectivity index is 1.42. The Labute approximate surface area is 208 Å². The number of nitrogens with zero attached hydrogens (tertiary/aromatic N) is 5. The van der Waals surface area contributed by atoms with E-state index in [1.165, 1.54) is 23.7 Å². The second kappa shape index (κ2) is 10.2. The third-order valence-electron chi connectivity index (χ3n) is 5.87. The maximum Gasteiger partial charge on any atom is 0.280 e. The van der Waals surface area contributed by atoms with Crippen molar-refractivity contribution in [3.63, 3.8) is 0 Å². The van der Waals surface area contributed by atoms with Crippen molar-refractivity contribution in [1.29, 1.82) is 5.26 Å². The molecule has 0 saturated carbocycles. The van der Waals surface area contributed by atoms with Crippen molar-refractivity contribution in [2.24, 2.45) is 5.92 Å². The molecule has 4 rings (SSSR count). The zero-order chi connectivity index (χ0) is 25.2. The minimum Gasteiger partial charge on any atom is -0.343 e. The van der Waals surface area contributed by atoms with E-state index in [2.05, 4.69) is 45.1 Å². The summed E-state index contributed by atoms with van der Waals surface area (Å²) in [6, 6.07) is 9.83. The minimum atomic E-state index is -3.37. The smallest absolute Gasteiger partial charge is 0.280 e. The lowest BCUT2D eigenvalue weighted by molar-refractivity contribution is 0.0948. The molecule has 0 aliphatic carbocycles. The number of hydrogen-bond donors (Lipinski definition) is 1. The van der Waals surface area contributed by atoms with Gasteiger partial charge in [0, 0.05) is 30.4 Å². The highest BCUT2D eigenvalue weighted by atomic mass is 32.2. The summed E-state index contributed by atoms with van der Waals surface area (Å²) in [5.74, 6) is 0.299. The third kappa shape index (κ3) is 5.40. The molecule has 1 atom stereocenters. The van der Waals surface area contributed by atoms with Gasteiger partial charge in [-0.25, -0.2) is 23.4 Å². The van der Waals surface area contributed by atoms with Gasteiger partial charge >= 0.3 is 0 Å². The van der Waals surface area contributed by atoms with Crippen LogP contribution in [-0.4, -0.2) is 39.9 Å². The van der Waals surface area contributed by atoms with Crippen LogP contribution in [0, 0.1) is 17.2 Å². The predicted octanol–water partition coefficient (Wildman–Crippen LogP) is 3.24. The van der Waals surface area contributed by atoms with Gasteiger partial charge in [-0.15, -0.1) is 11.3 Å². The molecule has 3 heterocycles. The van der Waals surface area contributed by atoms with Gasteiger partial charge in [0.15, 0.2) is 14.8 Å². The first-order valence-corrected chi connectivity index (χ1v) is 13.7. The molecule has 0 spiro atoms. The second-order valence-corrected chi connectivity index (χ2v) is 12.0. The van der Waals surface area contributed by atoms with Gasteiger partial charge in [0.1, 0.15) is 10.7 Å². The van der Waals surface area contributed by atoms with Crippen LogP contribution in [0.5, 0.6) is 0 Å². The summed E-state index contributed by atoms with van der Waals surface area (Å²) in [7, 11) is -3.37. The van der Waals surface area contributed by atoms with E-state index in [4.69, 9.17) is 5.26 Å². The number of aromatic nitrogens is 3. The summed E-state index contributed by atoms with van der Waals surface area (Å²) < 4.78 is 23.8. The van der Waals surface area contributed by atoms with Crippen LogP contribution in [0.15, 0.2) is 41.6 Å². The lowest BCUT2D eigenvalue weighted by Gasteiger charge is -2.27. The van der Waals surface area contributed by atoms with Crippen molar-refractivity contribution in [3.8, 4) is 6.07 Å². The van der Waals surface area contributed by atoms with Crippen molar-refractivity contribution in [2.75, 3.05) is 5.75 Å². The molecule has 35 heavy (non-hydrogen) atoms. The topological polar surface area (TPSA) is 129 Å². The molecule has 1 amide bonds. The van der Waals surface area contributed by atoms with Gasteiger partial charge in [-0.3, -0.25) is 9.69 Å². The van der Waals surface area contributed by atoms with E-state index in [1.807, 2.05) is 24.3 Å². The minimum absolute atomic E-state index is 0.0244. The molecule has 1 aliphatic rings. The molecule has 2 aromatic heterocycles. The van der Waals surface area contributed by atoms with Gasteiger partial charge in [0.05, 0.1) is 35.7 Å². The number of rotatable bonds is 8. The molecular weight excluding hydrogens is 484 g/mol. The number of nitrogens with one attached hydrogen (secondary N) is 1. The van der Waals surface area contributed by atoms with E-state index in [-0.39, 0.29) is 29.1 Å². The maximum absolute atomic E-state index is 12.8. The first-order chi connectivity index (χ1) is 16.7. The number of benzene rings is 1. The van der Waals surface area contributed by atoms with Gasteiger partial charge in [-0.2, -0.15) is 5.26 Å². The number of fused-ring (bicyclic) bond motifs is 1. The first-order valence-electron chi connectivity index (χ1n) is 11.3. The van der Waals surface area contributed by atoms with Crippen molar-refractivity contribution < 1.29 is 13.2 Å². The Bertz CT molecular complexity index is 1360. The van der Waals surface area contributed by atoms with Gasteiger partial charge < -0.3 is 5.32 Å². The Hall–Kier alpha value is -3.20. The molecule has 0 fully saturated rings. The third-order valence-corrected chi connectivity index (χ3v) is 8.61. The largest absolute Gasteiger partial charge is 0.343 e. The predicted molar refractivity (Wildman–Crippen MR) is 131 cm³/mol. The van der Waals surface area contributed by atoms with Crippen LogP contribution < -0.4 is 5.32 Å². The molecular formula is C24H26N6O3S2. The van der Waals surface area contributed by atoms with Gasteiger partial charge in [0.2, 0.25) is 0 Å². The molecule has 0 unspecified atom stereocenters. The summed E-state index contributed by atoms with van der Waals surface area (Å²) >= 11 is 1.39. The number of hydrogen-bond acceptors (Lipinski definition) is 9. The fraction of sp³-hybridized carbons (Fsp3) is 0.375. The second-order valence-electron chi connectivity index (χ2n) is 8.65. The van der Waals surface area contributed by atoms with E-state index in [1.54, 1.807) is 6.92 Å². The van der Waals surface area contributed by atoms with E-state index in [9.17, 15) is 13.2 Å². The standard InChI is InChI=1S/C24H26N6O3S2/c1-4-35(32,33)18-10-26-20(27-11-18)12-28-23(31)24-29-21-19(34-24)14-30(22(21)15(2)3)13-17-7-5-16(9-25)6-8-17/h5-8,10-11,15,22H,4,12-14H2,1-3H3,(H,28,31)/t22-/m0/s1. The van der Waals surface area contributed by atoms with Crippen LogP contribution >= 0.6 is 11.3 Å². The average molecular weight is 511 g/mol. The number of carbonyl (C=O) groups is 1. The zero-order valence-electron chi connectivity index (χ0n) is 19.7. The highest BCUT2D eigenvalue weighted by molar-refractivity contribution is 7.91. The Morgan fingerprint density at radius 2 is 1.94 bits per heavy atom. The van der Waals surface area contributed by atoms with Gasteiger partial charge in [0.25, 0.3) is 5.91 Å². The summed E-state index contributed by atoms with van der Waals surface area (Å²) in [6.07, 6.45) is 2.53. The number of carbonyl (C=O) groups excluding carboxylic acids is 1. The lowest BCUT2D eigenvalue weighted by Crippen LogP contribution is -2.27. The average Bonchev–Trinajstić information content (AvgIpc) is 3.40. The molecule has 0 saturated heterocycles. The van der Waals surface area contributed by atoms with Crippen LogP contribution in [0.25, 0.3) is 0 Å². The molecule has 0 radical (unpaired) electrons. The number of amides is 1. The fourth-order valence-corrected chi connectivity index (χ4v) is 5.87. The zero-order valence-corrected chi connectivity index (χ0v) is 21.4. The first kappa shape index (κ1) is 24.9. The van der Waals surface area contributed by atoms with E-state index < -0.39 is 9.84 Å². The summed E-state index contributed by atoms with van der Waals surface area (Å²) in [4.78, 5) is 29.0. The Morgan fingerprint density at radius 1 is 1.26 bits per heavy atom. The van der Waals surface area contributed by atoms with Crippen molar-refractivity contribution >= 4 is 27.1 Å². The number of sulfone groups is 1. The molecule has 1 aliphatic heterocycles. The SMILES string of the molecule is CCS(=O)(=O)c1cnc(CNC(=O)c2nc3c(s2)CN(Cc2ccc(C#N)cc2)[C@H]3C(C)C)nc1.